The Kier molecular flexibility index (Phi) is 3.22. The molecule has 5 nitrogen and oxygen atoms in total. The van der Waals surface area contributed by atoms with Crippen molar-refractivity contribution in [3.8, 4) is 5.95 Å². The molecule has 2 aromatic rings. The molecule has 0 aromatic carbocycles. The molecule has 0 aliphatic rings. The Morgan fingerprint density at radius 1 is 1.28 bits per heavy atom. The highest BCUT2D eigenvalue weighted by atomic mass is 35.5. The summed E-state index contributed by atoms with van der Waals surface area (Å²) in [6, 6.07) is 1.50. The van der Waals surface area contributed by atoms with Crippen LogP contribution < -0.4 is 0 Å². The van der Waals surface area contributed by atoms with Gasteiger partial charge in [0.15, 0.2) is 5.69 Å². The van der Waals surface area contributed by atoms with Gasteiger partial charge in [-0.3, -0.25) is 0 Å². The summed E-state index contributed by atoms with van der Waals surface area (Å²) in [5.74, 6) is -0.104. The van der Waals surface area contributed by atoms with E-state index in [1.54, 1.807) is 0 Å². The fourth-order valence-electron chi connectivity index (χ4n) is 1.33. The topological polar surface area (TPSA) is 63.8 Å². The molecule has 0 aliphatic heterocycles. The Morgan fingerprint density at radius 3 is 2.33 bits per heavy atom. The van der Waals surface area contributed by atoms with Crippen LogP contribution in [0.25, 0.3) is 5.95 Å². The lowest BCUT2D eigenvalue weighted by molar-refractivity contribution is -0.142. The minimum atomic E-state index is -4.71. The Bertz CT molecular complexity index is 555. The molecule has 0 aliphatic carbocycles. The van der Waals surface area contributed by atoms with Crippen molar-refractivity contribution in [1.29, 1.82) is 0 Å². The monoisotopic (exact) mass is 278 g/mol. The molecule has 1 N–H and O–H groups in total. The van der Waals surface area contributed by atoms with Crippen LogP contribution in [0.5, 0.6) is 0 Å². The van der Waals surface area contributed by atoms with Crippen molar-refractivity contribution in [1.82, 2.24) is 19.7 Å². The molecule has 96 valence electrons. The molecule has 9 heteroatoms. The van der Waals surface area contributed by atoms with E-state index in [2.05, 4.69) is 15.1 Å². The first kappa shape index (κ1) is 12.8. The summed E-state index contributed by atoms with van der Waals surface area (Å²) in [5, 5.41) is 11.9. The first-order chi connectivity index (χ1) is 8.45. The lowest BCUT2D eigenvalue weighted by Gasteiger charge is -2.03. The van der Waals surface area contributed by atoms with Gasteiger partial charge in [0.05, 0.1) is 6.61 Å². The maximum absolute atomic E-state index is 12.7. The number of aromatic nitrogens is 4. The van der Waals surface area contributed by atoms with Crippen LogP contribution >= 0.6 is 11.6 Å². The van der Waals surface area contributed by atoms with Gasteiger partial charge in [-0.2, -0.15) is 23.0 Å². The Hall–Kier alpha value is -1.67. The predicted molar refractivity (Wildman–Crippen MR) is 55.1 cm³/mol. The molecule has 0 atom stereocenters. The summed E-state index contributed by atoms with van der Waals surface area (Å²) >= 11 is 5.73. The second-order valence-corrected chi connectivity index (χ2v) is 3.59. The van der Waals surface area contributed by atoms with Gasteiger partial charge in [-0.15, -0.1) is 0 Å². The number of hydrogen-bond acceptors (Lipinski definition) is 4. The molecule has 0 radical (unpaired) electrons. The third-order valence-corrected chi connectivity index (χ3v) is 2.48. The zero-order chi connectivity index (χ0) is 13.3. The van der Waals surface area contributed by atoms with E-state index in [0.29, 0.717) is 0 Å². The normalized spacial score (nSPS) is 11.8. The van der Waals surface area contributed by atoms with Crippen LogP contribution in [-0.4, -0.2) is 24.9 Å². The van der Waals surface area contributed by atoms with E-state index in [9.17, 15) is 13.2 Å². The lowest BCUT2D eigenvalue weighted by atomic mass is 10.2. The molecule has 2 aromatic heterocycles. The van der Waals surface area contributed by atoms with Crippen molar-refractivity contribution < 1.29 is 18.3 Å². The minimum Gasteiger partial charge on any atom is -0.391 e. The molecule has 2 rings (SSSR count). The van der Waals surface area contributed by atoms with Gasteiger partial charge in [-0.05, 0) is 6.07 Å². The molecule has 0 saturated heterocycles. The van der Waals surface area contributed by atoms with Gasteiger partial charge in [0, 0.05) is 18.0 Å². The van der Waals surface area contributed by atoms with Crippen molar-refractivity contribution in [3.05, 3.63) is 34.9 Å². The van der Waals surface area contributed by atoms with Gasteiger partial charge >= 0.3 is 6.18 Å². The number of hydrogen-bond donors (Lipinski definition) is 1. The summed E-state index contributed by atoms with van der Waals surface area (Å²) in [7, 11) is 0. The van der Waals surface area contributed by atoms with Crippen LogP contribution in [0, 0.1) is 0 Å². The van der Waals surface area contributed by atoms with E-state index in [1.165, 1.54) is 18.5 Å². The summed E-state index contributed by atoms with van der Waals surface area (Å²) < 4.78 is 38.7. The van der Waals surface area contributed by atoms with Crippen LogP contribution in [0.2, 0.25) is 5.15 Å². The fraction of sp³-hybridized carbons (Fsp3) is 0.222. The lowest BCUT2D eigenvalue weighted by Crippen LogP contribution is -2.10. The van der Waals surface area contributed by atoms with Crippen molar-refractivity contribution in [2.24, 2.45) is 0 Å². The molecule has 0 fully saturated rings. The minimum absolute atomic E-state index is 0.104. The molecule has 0 bridgehead atoms. The first-order valence-corrected chi connectivity index (χ1v) is 5.05. The SMILES string of the molecule is OCc1c(C(F)(F)F)nn(-c2ncccn2)c1Cl. The largest absolute Gasteiger partial charge is 0.435 e. The zero-order valence-corrected chi connectivity index (χ0v) is 9.44. The molecule has 0 saturated carbocycles. The maximum Gasteiger partial charge on any atom is 0.435 e. The maximum atomic E-state index is 12.7. The second-order valence-electron chi connectivity index (χ2n) is 3.23. The van der Waals surface area contributed by atoms with E-state index in [0.717, 1.165) is 4.68 Å². The average molecular weight is 279 g/mol. The van der Waals surface area contributed by atoms with Gasteiger partial charge in [-0.25, -0.2) is 9.97 Å². The Morgan fingerprint density at radius 2 is 1.89 bits per heavy atom. The standard InChI is InChI=1S/C9H6ClF3N4O/c10-7-5(4-18)6(9(11,12)13)16-17(7)8-14-2-1-3-15-8/h1-3,18H,4H2. The molecular weight excluding hydrogens is 273 g/mol. The van der Waals surface area contributed by atoms with Crippen molar-refractivity contribution >= 4 is 11.6 Å². The van der Waals surface area contributed by atoms with Crippen molar-refractivity contribution in [3.63, 3.8) is 0 Å². The number of aliphatic hydroxyl groups excluding tert-OH is 1. The van der Waals surface area contributed by atoms with Gasteiger partial charge in [0.1, 0.15) is 5.15 Å². The fourth-order valence-corrected chi connectivity index (χ4v) is 1.59. The van der Waals surface area contributed by atoms with Crippen molar-refractivity contribution in [2.75, 3.05) is 0 Å². The third kappa shape index (κ3) is 2.16. The highest BCUT2D eigenvalue weighted by Gasteiger charge is 2.39. The van der Waals surface area contributed by atoms with Crippen LogP contribution in [-0.2, 0) is 12.8 Å². The highest BCUT2D eigenvalue weighted by Crippen LogP contribution is 2.34. The smallest absolute Gasteiger partial charge is 0.391 e. The summed E-state index contributed by atoms with van der Waals surface area (Å²) in [6.45, 7) is -0.874. The number of halogens is 4. The molecule has 2 heterocycles. The number of rotatable bonds is 2. The number of alkyl halides is 3. The molecule has 0 amide bonds. The number of aliphatic hydroxyl groups is 1. The van der Waals surface area contributed by atoms with Crippen LogP contribution in [0.15, 0.2) is 18.5 Å². The summed E-state index contributed by atoms with van der Waals surface area (Å²) in [5.41, 5.74) is -1.75. The Labute approximate surface area is 104 Å². The van der Waals surface area contributed by atoms with Crippen molar-refractivity contribution in [2.45, 2.75) is 12.8 Å². The predicted octanol–water partition coefficient (Wildman–Crippen LogP) is 1.83. The molecule has 18 heavy (non-hydrogen) atoms. The van der Waals surface area contributed by atoms with Gasteiger partial charge in [0.2, 0.25) is 0 Å². The van der Waals surface area contributed by atoms with E-state index in [4.69, 9.17) is 16.7 Å². The van der Waals surface area contributed by atoms with E-state index in [-0.39, 0.29) is 11.1 Å². The second kappa shape index (κ2) is 4.54. The highest BCUT2D eigenvalue weighted by molar-refractivity contribution is 6.30. The first-order valence-electron chi connectivity index (χ1n) is 4.68. The Balaban J connectivity index is 2.61. The van der Waals surface area contributed by atoms with Crippen LogP contribution in [0.4, 0.5) is 13.2 Å². The van der Waals surface area contributed by atoms with Crippen LogP contribution in [0.1, 0.15) is 11.3 Å². The third-order valence-electron chi connectivity index (χ3n) is 2.09. The van der Waals surface area contributed by atoms with Gasteiger partial charge in [0.25, 0.3) is 5.95 Å². The van der Waals surface area contributed by atoms with E-state index in [1.807, 2.05) is 0 Å². The van der Waals surface area contributed by atoms with Crippen LogP contribution in [0.3, 0.4) is 0 Å². The number of nitrogens with zero attached hydrogens (tertiary/aromatic N) is 4. The zero-order valence-electron chi connectivity index (χ0n) is 8.69. The van der Waals surface area contributed by atoms with E-state index >= 15 is 0 Å². The van der Waals surface area contributed by atoms with E-state index < -0.39 is 24.0 Å². The van der Waals surface area contributed by atoms with Gasteiger partial charge < -0.3 is 5.11 Å². The molecule has 0 unspecified atom stereocenters. The average Bonchev–Trinajstić information content (AvgIpc) is 2.67. The molecule has 0 spiro atoms. The van der Waals surface area contributed by atoms with Gasteiger partial charge in [-0.1, -0.05) is 11.6 Å². The quantitative estimate of drug-likeness (QED) is 0.910. The summed E-state index contributed by atoms with van der Waals surface area (Å²) in [4.78, 5) is 7.47. The molecular formula is C9H6ClF3N4O. The summed E-state index contributed by atoms with van der Waals surface area (Å²) in [6.07, 6.45) is -2.03.